The molecule has 0 bridgehead atoms. The quantitative estimate of drug-likeness (QED) is 0.0398. The highest BCUT2D eigenvalue weighted by molar-refractivity contribution is 5.77. The number of carbonyl (C=O) groups is 3. The predicted octanol–water partition coefficient (Wildman–Crippen LogP) is 9.07. The molecule has 2 aromatic rings. The fourth-order valence-electron chi connectivity index (χ4n) is 5.65. The molecule has 1 atom stereocenters. The number of nitrogens with two attached hydrogens (primary N) is 2. The Morgan fingerprint density at radius 3 is 1.44 bits per heavy atom. The molecule has 0 amide bonds. The van der Waals surface area contributed by atoms with Crippen LogP contribution in [0.1, 0.15) is 140 Å². The Labute approximate surface area is 289 Å². The van der Waals surface area contributed by atoms with Gasteiger partial charge in [0.05, 0.1) is 26.1 Å². The van der Waals surface area contributed by atoms with E-state index in [0.717, 1.165) is 107 Å². The molecule has 0 spiro atoms. The zero-order valence-corrected chi connectivity index (χ0v) is 29.6. The van der Waals surface area contributed by atoms with Gasteiger partial charge < -0.3 is 25.7 Å². The Hall–Kier alpha value is -3.55. The first-order chi connectivity index (χ1) is 23.4. The average Bonchev–Trinajstić information content (AvgIpc) is 3.08. The Morgan fingerprint density at radius 2 is 0.938 bits per heavy atom. The Bertz CT molecular complexity index is 1140. The number of ether oxygens (including phenoxy) is 3. The highest BCUT2D eigenvalue weighted by Crippen LogP contribution is 2.18. The van der Waals surface area contributed by atoms with Gasteiger partial charge in [0, 0.05) is 17.8 Å². The van der Waals surface area contributed by atoms with Crippen molar-refractivity contribution in [1.29, 1.82) is 0 Å². The van der Waals surface area contributed by atoms with Gasteiger partial charge in [-0.25, -0.2) is 0 Å². The van der Waals surface area contributed by atoms with Crippen molar-refractivity contribution in [3.05, 3.63) is 59.7 Å². The van der Waals surface area contributed by atoms with E-state index < -0.39 is 0 Å². The lowest BCUT2D eigenvalue weighted by Crippen LogP contribution is -2.19. The van der Waals surface area contributed by atoms with E-state index >= 15 is 0 Å². The van der Waals surface area contributed by atoms with Gasteiger partial charge in [0.2, 0.25) is 0 Å². The lowest BCUT2D eigenvalue weighted by Gasteiger charge is -2.18. The molecule has 0 aliphatic carbocycles. The second-order valence-corrected chi connectivity index (χ2v) is 13.0. The standard InChI is InChI=1S/C40H62N2O6/c1-2-3-4-11-18-37(48-40(45)30-29-39(44)47-32-15-17-34-23-27-36(42)28-24-34)19-12-9-7-5-6-8-10-13-20-38(43)46-31-14-16-33-21-25-35(41)26-22-33/h21-28,37H,2-20,29-32,41-42H2,1H3/t37-/m1/s1. The molecule has 2 aromatic carbocycles. The lowest BCUT2D eigenvalue weighted by atomic mass is 10.0. The normalized spacial score (nSPS) is 11.6. The van der Waals surface area contributed by atoms with Crippen LogP contribution in [-0.4, -0.2) is 37.2 Å². The summed E-state index contributed by atoms with van der Waals surface area (Å²) in [6.07, 6.45) is 18.8. The van der Waals surface area contributed by atoms with Gasteiger partial charge in [0.25, 0.3) is 0 Å². The maximum absolute atomic E-state index is 12.5. The molecule has 0 unspecified atom stereocenters. The van der Waals surface area contributed by atoms with Crippen LogP contribution in [0.4, 0.5) is 11.4 Å². The van der Waals surface area contributed by atoms with Crippen LogP contribution in [-0.2, 0) is 41.4 Å². The summed E-state index contributed by atoms with van der Waals surface area (Å²) in [5.41, 5.74) is 15.3. The van der Waals surface area contributed by atoms with Gasteiger partial charge in [-0.05, 0) is 93.2 Å². The first kappa shape index (κ1) is 40.6. The van der Waals surface area contributed by atoms with E-state index in [-0.39, 0.29) is 36.9 Å². The van der Waals surface area contributed by atoms with Crippen LogP contribution in [0, 0.1) is 0 Å². The Kier molecular flexibility index (Phi) is 22.4. The molecule has 2 rings (SSSR count). The zero-order valence-electron chi connectivity index (χ0n) is 29.6. The summed E-state index contributed by atoms with van der Waals surface area (Å²) >= 11 is 0. The minimum Gasteiger partial charge on any atom is -0.466 e. The molecule has 0 aliphatic rings. The first-order valence-corrected chi connectivity index (χ1v) is 18.5. The fourth-order valence-corrected chi connectivity index (χ4v) is 5.65. The summed E-state index contributed by atoms with van der Waals surface area (Å²) in [7, 11) is 0. The highest BCUT2D eigenvalue weighted by Gasteiger charge is 2.16. The van der Waals surface area contributed by atoms with Gasteiger partial charge in [-0.3, -0.25) is 14.4 Å². The van der Waals surface area contributed by atoms with Crippen LogP contribution < -0.4 is 11.5 Å². The summed E-state index contributed by atoms with van der Waals surface area (Å²) in [6, 6.07) is 15.5. The largest absolute Gasteiger partial charge is 0.466 e. The van der Waals surface area contributed by atoms with Crippen molar-refractivity contribution in [2.24, 2.45) is 0 Å². The molecule has 0 fully saturated rings. The fraction of sp³-hybridized carbons (Fsp3) is 0.625. The van der Waals surface area contributed by atoms with Gasteiger partial charge >= 0.3 is 17.9 Å². The maximum Gasteiger partial charge on any atom is 0.306 e. The van der Waals surface area contributed by atoms with E-state index in [1.807, 2.05) is 48.5 Å². The van der Waals surface area contributed by atoms with E-state index in [9.17, 15) is 14.4 Å². The second kappa shape index (κ2) is 26.4. The highest BCUT2D eigenvalue weighted by atomic mass is 16.5. The smallest absolute Gasteiger partial charge is 0.306 e. The van der Waals surface area contributed by atoms with Crippen LogP contribution >= 0.6 is 0 Å². The average molecular weight is 667 g/mol. The van der Waals surface area contributed by atoms with E-state index in [4.69, 9.17) is 25.7 Å². The van der Waals surface area contributed by atoms with Gasteiger partial charge in [-0.1, -0.05) is 89.0 Å². The first-order valence-electron chi connectivity index (χ1n) is 18.5. The number of carbonyl (C=O) groups excluding carboxylic acids is 3. The summed E-state index contributed by atoms with van der Waals surface area (Å²) in [5.74, 6) is -0.764. The third-order valence-electron chi connectivity index (χ3n) is 8.57. The number of rotatable bonds is 28. The van der Waals surface area contributed by atoms with Crippen molar-refractivity contribution in [3.8, 4) is 0 Å². The lowest BCUT2D eigenvalue weighted by molar-refractivity contribution is -0.154. The molecule has 8 nitrogen and oxygen atoms in total. The number of aryl methyl sites for hydroxylation is 2. The molecule has 0 aromatic heterocycles. The number of hydrogen-bond donors (Lipinski definition) is 2. The molecule has 8 heteroatoms. The predicted molar refractivity (Wildman–Crippen MR) is 194 cm³/mol. The van der Waals surface area contributed by atoms with E-state index in [1.165, 1.54) is 31.2 Å². The van der Waals surface area contributed by atoms with Gasteiger partial charge in [-0.2, -0.15) is 0 Å². The summed E-state index contributed by atoms with van der Waals surface area (Å²) < 4.78 is 16.5. The Balaban J connectivity index is 1.48. The maximum atomic E-state index is 12.5. The Morgan fingerprint density at radius 1 is 0.521 bits per heavy atom. The van der Waals surface area contributed by atoms with Crippen molar-refractivity contribution in [1.82, 2.24) is 0 Å². The van der Waals surface area contributed by atoms with E-state index in [1.54, 1.807) is 0 Å². The van der Waals surface area contributed by atoms with Gasteiger partial charge in [0.15, 0.2) is 0 Å². The molecule has 0 radical (unpaired) electrons. The SMILES string of the molecule is CCCCCC[C@H](CCCCCCCCCCC(=O)OCCCc1ccc(N)cc1)OC(=O)CCC(=O)OCCCc1ccc(N)cc1. The van der Waals surface area contributed by atoms with Crippen LogP contribution in [0.5, 0.6) is 0 Å². The van der Waals surface area contributed by atoms with Gasteiger partial charge in [-0.15, -0.1) is 0 Å². The second-order valence-electron chi connectivity index (χ2n) is 13.0. The molecular weight excluding hydrogens is 604 g/mol. The third kappa shape index (κ3) is 21.3. The molecule has 48 heavy (non-hydrogen) atoms. The van der Waals surface area contributed by atoms with E-state index in [0.29, 0.717) is 19.6 Å². The minimum atomic E-state index is -0.356. The van der Waals surface area contributed by atoms with Crippen molar-refractivity contribution in [2.45, 2.75) is 148 Å². The number of hydrogen-bond acceptors (Lipinski definition) is 8. The molecular formula is C40H62N2O6. The molecule has 0 saturated heterocycles. The number of unbranched alkanes of at least 4 members (excludes halogenated alkanes) is 10. The van der Waals surface area contributed by atoms with Crippen molar-refractivity contribution in [3.63, 3.8) is 0 Å². The van der Waals surface area contributed by atoms with Crippen molar-refractivity contribution >= 4 is 29.3 Å². The van der Waals surface area contributed by atoms with Crippen molar-refractivity contribution < 1.29 is 28.6 Å². The molecule has 268 valence electrons. The van der Waals surface area contributed by atoms with E-state index in [2.05, 4.69) is 6.92 Å². The van der Waals surface area contributed by atoms with Crippen LogP contribution in [0.2, 0.25) is 0 Å². The molecule has 0 saturated carbocycles. The van der Waals surface area contributed by atoms with Crippen LogP contribution in [0.15, 0.2) is 48.5 Å². The summed E-state index contributed by atoms with van der Waals surface area (Å²) in [5, 5.41) is 0. The van der Waals surface area contributed by atoms with Gasteiger partial charge in [0.1, 0.15) is 6.10 Å². The monoisotopic (exact) mass is 666 g/mol. The summed E-state index contributed by atoms with van der Waals surface area (Å²) in [6.45, 7) is 2.99. The number of nitrogen functional groups attached to an aromatic ring is 2. The topological polar surface area (TPSA) is 131 Å². The van der Waals surface area contributed by atoms with Crippen LogP contribution in [0.25, 0.3) is 0 Å². The zero-order chi connectivity index (χ0) is 34.7. The number of esters is 3. The number of benzene rings is 2. The molecule has 0 aliphatic heterocycles. The van der Waals surface area contributed by atoms with Crippen LogP contribution in [0.3, 0.4) is 0 Å². The molecule has 4 N–H and O–H groups in total. The third-order valence-corrected chi connectivity index (χ3v) is 8.57. The number of anilines is 2. The van der Waals surface area contributed by atoms with Crippen molar-refractivity contribution in [2.75, 3.05) is 24.7 Å². The molecule has 0 heterocycles. The summed E-state index contributed by atoms with van der Waals surface area (Å²) in [4.78, 5) is 36.7. The minimum absolute atomic E-state index is 0.0513.